The number of nitrogens with zero attached hydrogens (tertiary/aromatic N) is 5. The first-order valence-electron chi connectivity index (χ1n) is 7.98. The minimum atomic E-state index is -0.0929. The molecule has 0 atom stereocenters. The SMILES string of the molecule is CCn1nc(C)cc1C(=O)N1Cc2cnc(C(C)(C)C)nc2C1. The van der Waals surface area contributed by atoms with Crippen molar-refractivity contribution < 1.29 is 4.79 Å². The molecule has 0 spiro atoms. The van der Waals surface area contributed by atoms with Crippen molar-refractivity contribution in [1.29, 1.82) is 0 Å². The molecule has 0 saturated heterocycles. The number of hydrogen-bond donors (Lipinski definition) is 0. The Morgan fingerprint density at radius 3 is 2.70 bits per heavy atom. The lowest BCUT2D eigenvalue weighted by Crippen LogP contribution is -2.27. The van der Waals surface area contributed by atoms with Gasteiger partial charge in [0.2, 0.25) is 0 Å². The average molecular weight is 313 g/mol. The quantitative estimate of drug-likeness (QED) is 0.854. The summed E-state index contributed by atoms with van der Waals surface area (Å²) in [6.07, 6.45) is 1.86. The molecule has 0 N–H and O–H groups in total. The predicted octanol–water partition coefficient (Wildman–Crippen LogP) is 2.45. The van der Waals surface area contributed by atoms with Crippen LogP contribution >= 0.6 is 0 Å². The van der Waals surface area contributed by atoms with Gasteiger partial charge in [-0.2, -0.15) is 5.10 Å². The minimum absolute atomic E-state index is 0.00255. The first-order chi connectivity index (χ1) is 10.8. The topological polar surface area (TPSA) is 63.9 Å². The lowest BCUT2D eigenvalue weighted by atomic mass is 9.95. The smallest absolute Gasteiger partial charge is 0.272 e. The Kier molecular flexibility index (Phi) is 3.70. The Morgan fingerprint density at radius 1 is 1.30 bits per heavy atom. The molecule has 1 amide bonds. The van der Waals surface area contributed by atoms with E-state index in [1.165, 1.54) is 0 Å². The molecule has 0 aliphatic carbocycles. The molecule has 0 unspecified atom stereocenters. The van der Waals surface area contributed by atoms with Gasteiger partial charge in [0.25, 0.3) is 5.91 Å². The highest BCUT2D eigenvalue weighted by molar-refractivity contribution is 5.93. The lowest BCUT2D eigenvalue weighted by Gasteiger charge is -2.16. The van der Waals surface area contributed by atoms with E-state index in [0.29, 0.717) is 25.3 Å². The predicted molar refractivity (Wildman–Crippen MR) is 86.9 cm³/mol. The van der Waals surface area contributed by atoms with Crippen molar-refractivity contribution in [3.8, 4) is 0 Å². The molecular formula is C17H23N5O. The fourth-order valence-electron chi connectivity index (χ4n) is 2.78. The first kappa shape index (κ1) is 15.6. The largest absolute Gasteiger partial charge is 0.327 e. The number of carbonyl (C=O) groups is 1. The van der Waals surface area contributed by atoms with Gasteiger partial charge < -0.3 is 4.90 Å². The zero-order valence-corrected chi connectivity index (χ0v) is 14.4. The van der Waals surface area contributed by atoms with E-state index in [9.17, 15) is 4.79 Å². The number of carbonyl (C=O) groups excluding carboxylic acids is 1. The first-order valence-corrected chi connectivity index (χ1v) is 7.98. The Morgan fingerprint density at radius 2 is 2.04 bits per heavy atom. The van der Waals surface area contributed by atoms with E-state index in [2.05, 4.69) is 35.8 Å². The summed E-state index contributed by atoms with van der Waals surface area (Å²) in [6, 6.07) is 1.85. The third kappa shape index (κ3) is 2.85. The molecule has 6 nitrogen and oxygen atoms in total. The van der Waals surface area contributed by atoms with E-state index < -0.39 is 0 Å². The number of hydrogen-bond acceptors (Lipinski definition) is 4. The highest BCUT2D eigenvalue weighted by Crippen LogP contribution is 2.25. The van der Waals surface area contributed by atoms with Gasteiger partial charge >= 0.3 is 0 Å². The van der Waals surface area contributed by atoms with E-state index >= 15 is 0 Å². The molecule has 1 aliphatic heterocycles. The second-order valence-electron chi connectivity index (χ2n) is 7.06. The summed E-state index contributed by atoms with van der Waals surface area (Å²) in [5.74, 6) is 0.822. The summed E-state index contributed by atoms with van der Waals surface area (Å²) in [5, 5.41) is 4.36. The third-order valence-electron chi connectivity index (χ3n) is 4.03. The van der Waals surface area contributed by atoms with E-state index in [1.54, 1.807) is 4.68 Å². The normalized spacial score (nSPS) is 14.2. The molecule has 0 saturated carbocycles. The molecule has 6 heteroatoms. The maximum absolute atomic E-state index is 12.8. The molecule has 3 rings (SSSR count). The van der Waals surface area contributed by atoms with Crippen LogP contribution in [-0.4, -0.2) is 30.6 Å². The Balaban J connectivity index is 1.85. The van der Waals surface area contributed by atoms with Crippen LogP contribution in [-0.2, 0) is 25.0 Å². The second kappa shape index (κ2) is 5.44. The van der Waals surface area contributed by atoms with Gasteiger partial charge in [0.05, 0.1) is 17.9 Å². The van der Waals surface area contributed by atoms with Crippen LogP contribution < -0.4 is 0 Å². The highest BCUT2D eigenvalue weighted by atomic mass is 16.2. The zero-order chi connectivity index (χ0) is 16.8. The minimum Gasteiger partial charge on any atom is -0.327 e. The molecule has 2 aromatic heterocycles. The maximum Gasteiger partial charge on any atom is 0.272 e. The molecule has 122 valence electrons. The van der Waals surface area contributed by atoms with E-state index in [4.69, 9.17) is 0 Å². The summed E-state index contributed by atoms with van der Waals surface area (Å²) in [6.45, 7) is 12.0. The van der Waals surface area contributed by atoms with Gasteiger partial charge in [-0.05, 0) is 19.9 Å². The van der Waals surface area contributed by atoms with Gasteiger partial charge in [-0.3, -0.25) is 9.48 Å². The number of fused-ring (bicyclic) bond motifs is 1. The van der Waals surface area contributed by atoms with Crippen molar-refractivity contribution in [3.63, 3.8) is 0 Å². The van der Waals surface area contributed by atoms with E-state index in [-0.39, 0.29) is 11.3 Å². The van der Waals surface area contributed by atoms with Gasteiger partial charge in [0.15, 0.2) is 0 Å². The number of aryl methyl sites for hydroxylation is 2. The number of aromatic nitrogens is 4. The van der Waals surface area contributed by atoms with Crippen LogP contribution in [0.1, 0.15) is 61.0 Å². The monoisotopic (exact) mass is 313 g/mol. The van der Waals surface area contributed by atoms with Gasteiger partial charge in [0.1, 0.15) is 11.5 Å². The zero-order valence-electron chi connectivity index (χ0n) is 14.4. The maximum atomic E-state index is 12.8. The Bertz CT molecular complexity index is 757. The second-order valence-corrected chi connectivity index (χ2v) is 7.06. The summed E-state index contributed by atoms with van der Waals surface area (Å²) in [5.41, 5.74) is 3.40. The summed E-state index contributed by atoms with van der Waals surface area (Å²) >= 11 is 0. The van der Waals surface area contributed by atoms with Gasteiger partial charge in [-0.15, -0.1) is 0 Å². The molecule has 23 heavy (non-hydrogen) atoms. The molecular weight excluding hydrogens is 290 g/mol. The average Bonchev–Trinajstić information content (AvgIpc) is 3.07. The fourth-order valence-corrected chi connectivity index (χ4v) is 2.78. The fraction of sp³-hybridized carbons (Fsp3) is 0.529. The van der Waals surface area contributed by atoms with Crippen LogP contribution in [0.15, 0.2) is 12.3 Å². The van der Waals surface area contributed by atoms with Gasteiger partial charge in [-0.25, -0.2) is 9.97 Å². The summed E-state index contributed by atoms with van der Waals surface area (Å²) < 4.78 is 1.76. The van der Waals surface area contributed by atoms with Crippen molar-refractivity contribution >= 4 is 5.91 Å². The van der Waals surface area contributed by atoms with Crippen LogP contribution in [0, 0.1) is 6.92 Å². The van der Waals surface area contributed by atoms with Crippen molar-refractivity contribution in [3.05, 3.63) is 40.7 Å². The van der Waals surface area contributed by atoms with Gasteiger partial charge in [-0.1, -0.05) is 20.8 Å². The van der Waals surface area contributed by atoms with E-state index in [0.717, 1.165) is 22.8 Å². The van der Waals surface area contributed by atoms with Crippen LogP contribution in [0.3, 0.4) is 0 Å². The van der Waals surface area contributed by atoms with Crippen LogP contribution in [0.5, 0.6) is 0 Å². The Hall–Kier alpha value is -2.24. The molecule has 0 bridgehead atoms. The van der Waals surface area contributed by atoms with Crippen molar-refractivity contribution in [2.45, 2.75) is 59.7 Å². The highest BCUT2D eigenvalue weighted by Gasteiger charge is 2.29. The third-order valence-corrected chi connectivity index (χ3v) is 4.03. The molecule has 2 aromatic rings. The van der Waals surface area contributed by atoms with Crippen molar-refractivity contribution in [2.24, 2.45) is 0 Å². The standard InChI is InChI=1S/C17H23N5O/c1-6-22-14(7-11(2)20-22)15(23)21-9-12-8-18-16(17(3,4)5)19-13(12)10-21/h7-8H,6,9-10H2,1-5H3. The van der Waals surface area contributed by atoms with E-state index in [1.807, 2.05) is 31.0 Å². The summed E-state index contributed by atoms with van der Waals surface area (Å²) in [7, 11) is 0. The van der Waals surface area contributed by atoms with Crippen molar-refractivity contribution in [1.82, 2.24) is 24.6 Å². The molecule has 1 aliphatic rings. The van der Waals surface area contributed by atoms with Crippen LogP contribution in [0.25, 0.3) is 0 Å². The van der Waals surface area contributed by atoms with Crippen LogP contribution in [0.4, 0.5) is 0 Å². The number of amides is 1. The summed E-state index contributed by atoms with van der Waals surface area (Å²) in [4.78, 5) is 23.8. The molecule has 0 radical (unpaired) electrons. The van der Waals surface area contributed by atoms with Gasteiger partial charge in [0, 0.05) is 30.3 Å². The van der Waals surface area contributed by atoms with Crippen LogP contribution in [0.2, 0.25) is 0 Å². The van der Waals surface area contributed by atoms with Crippen molar-refractivity contribution in [2.75, 3.05) is 0 Å². The molecule has 3 heterocycles. The molecule has 0 aromatic carbocycles. The molecule has 0 fully saturated rings. The Labute approximate surface area is 136 Å². The number of rotatable bonds is 2. The lowest BCUT2D eigenvalue weighted by molar-refractivity contribution is 0.0738.